The molecule has 0 atom stereocenters. The molecule has 1 aliphatic carbocycles. The number of hydrogen-bond donors (Lipinski definition) is 2. The first-order chi connectivity index (χ1) is 17.2. The van der Waals surface area contributed by atoms with E-state index in [4.69, 9.17) is 9.84 Å². The third-order valence-corrected chi connectivity index (χ3v) is 5.53. The average molecular weight is 495 g/mol. The fraction of sp³-hybridized carbons (Fsp3) is 0.185. The van der Waals surface area contributed by atoms with Gasteiger partial charge in [0.1, 0.15) is 17.9 Å². The quantitative estimate of drug-likeness (QED) is 0.345. The van der Waals surface area contributed by atoms with Crippen LogP contribution in [0.1, 0.15) is 39.4 Å². The van der Waals surface area contributed by atoms with Crippen LogP contribution in [-0.4, -0.2) is 36.7 Å². The van der Waals surface area contributed by atoms with Gasteiger partial charge >= 0.3 is 18.4 Å². The number of fused-ring (bicyclic) bond motifs is 3. The number of nitrogens with one attached hydrogen (secondary N) is 1. The van der Waals surface area contributed by atoms with E-state index in [-0.39, 0.29) is 31.1 Å². The van der Waals surface area contributed by atoms with Crippen LogP contribution in [-0.2, 0) is 4.74 Å². The van der Waals surface area contributed by atoms with Crippen LogP contribution in [0.4, 0.5) is 18.0 Å². The fourth-order valence-electron chi connectivity index (χ4n) is 4.03. The normalized spacial score (nSPS) is 12.1. The molecular formula is C27H20F3NO5. The van der Waals surface area contributed by atoms with Crippen LogP contribution in [0, 0.1) is 11.8 Å². The van der Waals surface area contributed by atoms with Gasteiger partial charge in [-0.15, -0.1) is 13.2 Å². The topological polar surface area (TPSA) is 84.9 Å². The van der Waals surface area contributed by atoms with Crippen LogP contribution < -0.4 is 10.1 Å². The van der Waals surface area contributed by atoms with Gasteiger partial charge in [-0.25, -0.2) is 9.59 Å². The van der Waals surface area contributed by atoms with Gasteiger partial charge in [0, 0.05) is 24.4 Å². The van der Waals surface area contributed by atoms with Gasteiger partial charge in [0.05, 0.1) is 0 Å². The fourth-order valence-corrected chi connectivity index (χ4v) is 4.03. The van der Waals surface area contributed by atoms with E-state index in [1.807, 2.05) is 48.5 Å². The van der Waals surface area contributed by atoms with Crippen LogP contribution in [0.3, 0.4) is 0 Å². The Hall–Kier alpha value is -4.45. The van der Waals surface area contributed by atoms with Crippen molar-refractivity contribution in [3.63, 3.8) is 0 Å². The molecule has 1 amide bonds. The zero-order valence-electron chi connectivity index (χ0n) is 18.8. The van der Waals surface area contributed by atoms with Crippen molar-refractivity contribution >= 4 is 12.1 Å². The minimum Gasteiger partial charge on any atom is -0.478 e. The molecule has 0 unspecified atom stereocenters. The molecule has 36 heavy (non-hydrogen) atoms. The molecule has 0 radical (unpaired) electrons. The summed E-state index contributed by atoms with van der Waals surface area (Å²) in [4.78, 5) is 23.3. The van der Waals surface area contributed by atoms with Crippen molar-refractivity contribution in [1.82, 2.24) is 5.32 Å². The van der Waals surface area contributed by atoms with E-state index in [1.165, 1.54) is 6.07 Å². The molecule has 0 heterocycles. The molecule has 0 aromatic heterocycles. The molecule has 3 aromatic rings. The zero-order valence-corrected chi connectivity index (χ0v) is 18.8. The lowest BCUT2D eigenvalue weighted by molar-refractivity contribution is -0.274. The summed E-state index contributed by atoms with van der Waals surface area (Å²) in [6.45, 7) is 0.326. The molecule has 1 aliphatic rings. The molecule has 0 spiro atoms. The predicted molar refractivity (Wildman–Crippen MR) is 125 cm³/mol. The first-order valence-corrected chi connectivity index (χ1v) is 10.9. The molecule has 4 rings (SSSR count). The minimum absolute atomic E-state index is 0.0650. The predicted octanol–water partition coefficient (Wildman–Crippen LogP) is 5.56. The summed E-state index contributed by atoms with van der Waals surface area (Å²) in [6, 6.07) is 19.1. The maximum absolute atomic E-state index is 12.5. The Labute approximate surface area is 204 Å². The third kappa shape index (κ3) is 5.78. The van der Waals surface area contributed by atoms with Crippen LogP contribution in [0.15, 0.2) is 66.7 Å². The van der Waals surface area contributed by atoms with Gasteiger partial charge in [0.15, 0.2) is 0 Å². The van der Waals surface area contributed by atoms with E-state index in [1.54, 1.807) is 0 Å². The zero-order chi connectivity index (χ0) is 25.7. The highest BCUT2D eigenvalue weighted by Gasteiger charge is 2.33. The van der Waals surface area contributed by atoms with Crippen molar-refractivity contribution in [3.05, 3.63) is 89.0 Å². The second-order valence-electron chi connectivity index (χ2n) is 7.87. The van der Waals surface area contributed by atoms with E-state index in [9.17, 15) is 22.8 Å². The maximum Gasteiger partial charge on any atom is 0.573 e. The number of carbonyl (C=O) groups is 2. The smallest absolute Gasteiger partial charge is 0.478 e. The van der Waals surface area contributed by atoms with E-state index < -0.39 is 29.7 Å². The molecule has 6 nitrogen and oxygen atoms in total. The Bertz CT molecular complexity index is 1310. The summed E-state index contributed by atoms with van der Waals surface area (Å²) in [5.41, 5.74) is 3.95. The van der Waals surface area contributed by atoms with Gasteiger partial charge < -0.3 is 19.9 Å². The number of carboxylic acid groups (broad SMARTS) is 1. The number of alkyl carbamates (subject to hydrolysis) is 1. The van der Waals surface area contributed by atoms with E-state index >= 15 is 0 Å². The van der Waals surface area contributed by atoms with Crippen molar-refractivity contribution in [2.24, 2.45) is 0 Å². The lowest BCUT2D eigenvalue weighted by atomic mass is 9.98. The second-order valence-corrected chi connectivity index (χ2v) is 7.87. The second kappa shape index (κ2) is 10.4. The van der Waals surface area contributed by atoms with E-state index in [2.05, 4.69) is 21.9 Å². The van der Waals surface area contributed by atoms with Crippen molar-refractivity contribution in [2.45, 2.75) is 18.7 Å². The van der Waals surface area contributed by atoms with Crippen molar-refractivity contribution in [2.75, 3.05) is 13.2 Å². The lowest BCUT2D eigenvalue weighted by Gasteiger charge is -2.14. The summed E-state index contributed by atoms with van der Waals surface area (Å²) >= 11 is 0. The standard InChI is InChI=1S/C27H20F3NO5/c28-27(29,30)36-24-15-17(12-13-22(24)25(32)33)7-5-6-14-31-26(34)35-16-23-20-10-3-1-8-18(20)19-9-2-4-11-21(19)23/h1-4,8-13,15,23H,6,14,16H2,(H,31,34)(H,32,33). The first kappa shape index (κ1) is 24.7. The molecule has 0 bridgehead atoms. The number of aromatic carboxylic acids is 1. The number of halogens is 3. The molecule has 184 valence electrons. The number of alkyl halides is 3. The Morgan fingerprint density at radius 3 is 2.22 bits per heavy atom. The first-order valence-electron chi connectivity index (χ1n) is 10.9. The molecule has 3 aromatic carbocycles. The van der Waals surface area contributed by atoms with Gasteiger partial charge in [-0.1, -0.05) is 60.4 Å². The number of amides is 1. The molecular weight excluding hydrogens is 475 g/mol. The number of carboxylic acids is 1. The number of benzene rings is 3. The van der Waals surface area contributed by atoms with Crippen LogP contribution in [0.2, 0.25) is 0 Å². The monoisotopic (exact) mass is 495 g/mol. The summed E-state index contributed by atoms with van der Waals surface area (Å²) < 4.78 is 46.9. The number of hydrogen-bond acceptors (Lipinski definition) is 4. The molecule has 9 heteroatoms. The van der Waals surface area contributed by atoms with Crippen LogP contribution in [0.5, 0.6) is 5.75 Å². The van der Waals surface area contributed by atoms with Gasteiger partial charge in [-0.2, -0.15) is 0 Å². The third-order valence-electron chi connectivity index (χ3n) is 5.53. The van der Waals surface area contributed by atoms with E-state index in [0.717, 1.165) is 34.4 Å². The Morgan fingerprint density at radius 2 is 1.61 bits per heavy atom. The highest BCUT2D eigenvalue weighted by Crippen LogP contribution is 2.44. The average Bonchev–Trinajstić information content (AvgIpc) is 3.15. The number of carbonyl (C=O) groups excluding carboxylic acids is 1. The summed E-state index contributed by atoms with van der Waals surface area (Å²) in [5, 5.41) is 11.6. The minimum atomic E-state index is -5.04. The Kier molecular flexibility index (Phi) is 7.15. The van der Waals surface area contributed by atoms with Crippen molar-refractivity contribution in [1.29, 1.82) is 0 Å². The summed E-state index contributed by atoms with van der Waals surface area (Å²) in [7, 11) is 0. The Morgan fingerprint density at radius 1 is 0.972 bits per heavy atom. The lowest BCUT2D eigenvalue weighted by Crippen LogP contribution is -2.26. The summed E-state index contributed by atoms with van der Waals surface area (Å²) in [5.74, 6) is 2.87. The highest BCUT2D eigenvalue weighted by molar-refractivity contribution is 5.91. The highest BCUT2D eigenvalue weighted by atomic mass is 19.4. The number of rotatable bonds is 6. The Balaban J connectivity index is 1.30. The summed E-state index contributed by atoms with van der Waals surface area (Å²) in [6.07, 6.45) is -5.45. The molecule has 0 saturated heterocycles. The SMILES string of the molecule is O=C(NCCC#Cc1ccc(C(=O)O)c(OC(F)(F)F)c1)OCC1c2ccccc2-c2ccccc21. The molecule has 0 saturated carbocycles. The molecule has 0 fully saturated rings. The molecule has 0 aliphatic heterocycles. The van der Waals surface area contributed by atoms with Gasteiger partial charge in [-0.3, -0.25) is 0 Å². The van der Waals surface area contributed by atoms with Gasteiger partial charge in [0.25, 0.3) is 0 Å². The van der Waals surface area contributed by atoms with Gasteiger partial charge in [-0.05, 0) is 40.5 Å². The largest absolute Gasteiger partial charge is 0.573 e. The maximum atomic E-state index is 12.5. The van der Waals surface area contributed by atoms with Crippen molar-refractivity contribution in [3.8, 4) is 28.7 Å². The van der Waals surface area contributed by atoms with Crippen LogP contribution in [0.25, 0.3) is 11.1 Å². The van der Waals surface area contributed by atoms with Gasteiger partial charge in [0.2, 0.25) is 0 Å². The van der Waals surface area contributed by atoms with Crippen LogP contribution >= 0.6 is 0 Å². The number of ether oxygens (including phenoxy) is 2. The van der Waals surface area contributed by atoms with Crippen molar-refractivity contribution < 1.29 is 37.3 Å². The van der Waals surface area contributed by atoms with E-state index in [0.29, 0.717) is 0 Å². The molecule has 2 N–H and O–H groups in total.